The Morgan fingerprint density at radius 1 is 1.41 bits per heavy atom. The van der Waals surface area contributed by atoms with E-state index in [0.717, 1.165) is 13.0 Å². The van der Waals surface area contributed by atoms with Crippen LogP contribution in [0.4, 0.5) is 0 Å². The average Bonchev–Trinajstić information content (AvgIpc) is 2.32. The summed E-state index contributed by atoms with van der Waals surface area (Å²) in [5, 5.41) is 2.81. The summed E-state index contributed by atoms with van der Waals surface area (Å²) < 4.78 is 0. The van der Waals surface area contributed by atoms with Crippen molar-refractivity contribution in [1.29, 1.82) is 0 Å². The van der Waals surface area contributed by atoms with Gasteiger partial charge in [0.2, 0.25) is 11.8 Å². The molecule has 0 spiro atoms. The first-order chi connectivity index (χ1) is 8.13. The van der Waals surface area contributed by atoms with E-state index in [1.807, 2.05) is 7.05 Å². The fourth-order valence-corrected chi connectivity index (χ4v) is 2.46. The molecule has 2 heterocycles. The van der Waals surface area contributed by atoms with E-state index < -0.39 is 0 Å². The zero-order valence-electron chi connectivity index (χ0n) is 10.2. The number of amides is 2. The van der Waals surface area contributed by atoms with Gasteiger partial charge in [0.05, 0.1) is 0 Å². The van der Waals surface area contributed by atoms with Crippen LogP contribution < -0.4 is 11.1 Å². The van der Waals surface area contributed by atoms with E-state index in [4.69, 9.17) is 5.73 Å². The van der Waals surface area contributed by atoms with E-state index in [2.05, 4.69) is 10.2 Å². The Labute approximate surface area is 101 Å². The van der Waals surface area contributed by atoms with Gasteiger partial charge in [-0.15, -0.1) is 0 Å². The summed E-state index contributed by atoms with van der Waals surface area (Å²) in [6, 6.07) is -0.680. The lowest BCUT2D eigenvalue weighted by Gasteiger charge is -2.44. The number of nitrogens with zero attached hydrogens (tertiary/aromatic N) is 2. The van der Waals surface area contributed by atoms with Crippen LogP contribution in [0.3, 0.4) is 0 Å². The van der Waals surface area contributed by atoms with Crippen molar-refractivity contribution in [1.82, 2.24) is 15.1 Å². The Morgan fingerprint density at radius 2 is 2.18 bits per heavy atom. The van der Waals surface area contributed by atoms with E-state index >= 15 is 0 Å². The Bertz CT molecular complexity index is 321. The van der Waals surface area contributed by atoms with Crippen LogP contribution in [0, 0.1) is 0 Å². The maximum Gasteiger partial charge on any atom is 0.245 e. The van der Waals surface area contributed by atoms with Gasteiger partial charge in [0.15, 0.2) is 0 Å². The van der Waals surface area contributed by atoms with Crippen LogP contribution in [0.2, 0.25) is 0 Å². The topological polar surface area (TPSA) is 78.7 Å². The van der Waals surface area contributed by atoms with E-state index in [-0.39, 0.29) is 23.9 Å². The highest BCUT2D eigenvalue weighted by Crippen LogP contribution is 2.17. The molecule has 0 aromatic rings. The molecule has 96 valence electrons. The van der Waals surface area contributed by atoms with Crippen molar-refractivity contribution in [2.75, 3.05) is 33.2 Å². The molecular formula is C11H20N4O2. The van der Waals surface area contributed by atoms with Gasteiger partial charge >= 0.3 is 0 Å². The normalized spacial score (nSPS) is 30.1. The highest BCUT2D eigenvalue weighted by molar-refractivity contribution is 5.97. The first kappa shape index (κ1) is 12.3. The lowest BCUT2D eigenvalue weighted by molar-refractivity contribution is -0.152. The van der Waals surface area contributed by atoms with Gasteiger partial charge in [-0.25, -0.2) is 0 Å². The molecule has 2 amide bonds. The van der Waals surface area contributed by atoms with Crippen molar-refractivity contribution in [2.24, 2.45) is 5.73 Å². The van der Waals surface area contributed by atoms with Gasteiger partial charge < -0.3 is 20.9 Å². The summed E-state index contributed by atoms with van der Waals surface area (Å²) >= 11 is 0. The molecule has 6 heteroatoms. The van der Waals surface area contributed by atoms with Crippen LogP contribution in [0.1, 0.15) is 12.8 Å². The summed E-state index contributed by atoms with van der Waals surface area (Å²) in [4.78, 5) is 27.9. The minimum absolute atomic E-state index is 0.0295. The van der Waals surface area contributed by atoms with Gasteiger partial charge in [0, 0.05) is 19.6 Å². The standard InChI is InChI=1S/C11H20N4O2/c1-14-5-6-15-9(7-14)10(16)13-8(11(15)17)3-2-4-12/h8-9H,2-7,12H2,1H3,(H,13,16). The van der Waals surface area contributed by atoms with E-state index in [0.29, 0.717) is 26.1 Å². The molecule has 0 aliphatic carbocycles. The summed E-state index contributed by atoms with van der Waals surface area (Å²) in [5.74, 6) is 0.0225. The fourth-order valence-electron chi connectivity index (χ4n) is 2.46. The first-order valence-corrected chi connectivity index (χ1v) is 6.13. The second-order valence-electron chi connectivity index (χ2n) is 4.80. The van der Waals surface area contributed by atoms with E-state index in [9.17, 15) is 9.59 Å². The smallest absolute Gasteiger partial charge is 0.245 e. The summed E-state index contributed by atoms with van der Waals surface area (Å²) in [7, 11) is 1.97. The van der Waals surface area contributed by atoms with Crippen LogP contribution in [-0.4, -0.2) is 66.9 Å². The molecule has 2 fully saturated rings. The van der Waals surface area contributed by atoms with Crippen LogP contribution in [0.5, 0.6) is 0 Å². The molecule has 0 aromatic heterocycles. The second kappa shape index (κ2) is 5.01. The first-order valence-electron chi connectivity index (χ1n) is 6.13. The Balaban J connectivity index is 2.05. The number of piperazine rings is 2. The van der Waals surface area contributed by atoms with Crippen molar-refractivity contribution >= 4 is 11.8 Å². The zero-order valence-corrected chi connectivity index (χ0v) is 10.2. The third-order valence-electron chi connectivity index (χ3n) is 3.48. The van der Waals surface area contributed by atoms with Crippen molar-refractivity contribution in [2.45, 2.75) is 24.9 Å². The minimum atomic E-state index is -0.370. The van der Waals surface area contributed by atoms with E-state index in [1.54, 1.807) is 4.90 Å². The van der Waals surface area contributed by atoms with Crippen molar-refractivity contribution in [3.63, 3.8) is 0 Å². The molecule has 2 aliphatic rings. The zero-order chi connectivity index (χ0) is 12.4. The molecule has 2 rings (SSSR count). The number of likely N-dealkylation sites (N-methyl/N-ethyl adjacent to an activating group) is 1. The van der Waals surface area contributed by atoms with Gasteiger partial charge in [0.1, 0.15) is 12.1 Å². The third-order valence-corrected chi connectivity index (χ3v) is 3.48. The maximum absolute atomic E-state index is 12.2. The summed E-state index contributed by atoms with van der Waals surface area (Å²) in [6.07, 6.45) is 1.40. The molecule has 0 saturated carbocycles. The van der Waals surface area contributed by atoms with Gasteiger partial charge in [-0.1, -0.05) is 0 Å². The maximum atomic E-state index is 12.2. The highest BCUT2D eigenvalue weighted by Gasteiger charge is 2.42. The van der Waals surface area contributed by atoms with Gasteiger partial charge in [0.25, 0.3) is 0 Å². The number of nitrogens with one attached hydrogen (secondary N) is 1. The molecule has 2 saturated heterocycles. The largest absolute Gasteiger partial charge is 0.342 e. The van der Waals surface area contributed by atoms with Crippen LogP contribution in [0.25, 0.3) is 0 Å². The number of carbonyl (C=O) groups is 2. The highest BCUT2D eigenvalue weighted by atomic mass is 16.2. The van der Waals surface area contributed by atoms with Crippen molar-refractivity contribution in [3.8, 4) is 0 Å². The monoisotopic (exact) mass is 240 g/mol. The van der Waals surface area contributed by atoms with Crippen LogP contribution in [0.15, 0.2) is 0 Å². The molecule has 0 aromatic carbocycles. The molecular weight excluding hydrogens is 220 g/mol. The molecule has 0 bridgehead atoms. The van der Waals surface area contributed by atoms with Crippen molar-refractivity contribution < 1.29 is 9.59 Å². The lowest BCUT2D eigenvalue weighted by Crippen LogP contribution is -2.68. The minimum Gasteiger partial charge on any atom is -0.342 e. The number of hydrogen-bond donors (Lipinski definition) is 2. The predicted molar refractivity (Wildman–Crippen MR) is 63.2 cm³/mol. The number of rotatable bonds is 3. The predicted octanol–water partition coefficient (Wildman–Crippen LogP) is -1.63. The third kappa shape index (κ3) is 2.42. The molecule has 17 heavy (non-hydrogen) atoms. The van der Waals surface area contributed by atoms with E-state index in [1.165, 1.54) is 0 Å². The van der Waals surface area contributed by atoms with Gasteiger partial charge in [-0.05, 0) is 26.4 Å². The molecule has 3 N–H and O–H groups in total. The molecule has 6 nitrogen and oxygen atoms in total. The number of carbonyl (C=O) groups excluding carboxylic acids is 2. The Kier molecular flexibility index (Phi) is 3.63. The molecule has 2 unspecified atom stereocenters. The summed E-state index contributed by atoms with van der Waals surface area (Å²) in [6.45, 7) is 2.65. The summed E-state index contributed by atoms with van der Waals surface area (Å²) in [5.41, 5.74) is 5.43. The van der Waals surface area contributed by atoms with Gasteiger partial charge in [-0.3, -0.25) is 9.59 Å². The second-order valence-corrected chi connectivity index (χ2v) is 4.80. The molecule has 2 atom stereocenters. The van der Waals surface area contributed by atoms with Gasteiger partial charge in [-0.2, -0.15) is 0 Å². The number of hydrogen-bond acceptors (Lipinski definition) is 4. The molecule has 0 radical (unpaired) electrons. The SMILES string of the molecule is CN1CCN2C(=O)C(CCCN)NC(=O)C2C1. The number of fused-ring (bicyclic) bond motifs is 1. The quantitative estimate of drug-likeness (QED) is 0.620. The fraction of sp³-hybridized carbons (Fsp3) is 0.818. The Morgan fingerprint density at radius 3 is 2.88 bits per heavy atom. The molecule has 2 aliphatic heterocycles. The van der Waals surface area contributed by atoms with Crippen molar-refractivity contribution in [3.05, 3.63) is 0 Å². The van der Waals surface area contributed by atoms with Crippen LogP contribution >= 0.6 is 0 Å². The number of nitrogens with two attached hydrogens (primary N) is 1. The Hall–Kier alpha value is -1.14. The average molecular weight is 240 g/mol. The van der Waals surface area contributed by atoms with Crippen LogP contribution in [-0.2, 0) is 9.59 Å². The lowest BCUT2D eigenvalue weighted by atomic mass is 10.0.